The molecule has 2 rings (SSSR count). The molecule has 0 spiro atoms. The number of hydrogen-bond acceptors (Lipinski definition) is 2. The fraction of sp³-hybridized carbons (Fsp3) is 0.438. The molecule has 0 fully saturated rings. The summed E-state index contributed by atoms with van der Waals surface area (Å²) in [6.07, 6.45) is 7.96. The average molecular weight is 336 g/mol. The van der Waals surface area contributed by atoms with Gasteiger partial charge in [-0.05, 0) is 61.9 Å². The van der Waals surface area contributed by atoms with Gasteiger partial charge in [0.15, 0.2) is 0 Å². The van der Waals surface area contributed by atoms with Gasteiger partial charge in [0.1, 0.15) is 11.9 Å². The normalized spacial score (nSPS) is 12.4. The monoisotopic (exact) mass is 335 g/mol. The van der Waals surface area contributed by atoms with E-state index in [1.54, 1.807) is 0 Å². The molecule has 0 aliphatic rings. The third-order valence-electron chi connectivity index (χ3n) is 3.40. The van der Waals surface area contributed by atoms with E-state index in [-0.39, 0.29) is 6.10 Å². The van der Waals surface area contributed by atoms with Crippen LogP contribution in [0, 0.1) is 20.0 Å². The second-order valence-corrected chi connectivity index (χ2v) is 5.99. The first-order valence-electron chi connectivity index (χ1n) is 6.94. The Labute approximate surface area is 128 Å². The van der Waals surface area contributed by atoms with Crippen LogP contribution >= 0.6 is 15.9 Å². The predicted octanol–water partition coefficient (Wildman–Crippen LogP) is 4.38. The van der Waals surface area contributed by atoms with Crippen LogP contribution in [0.3, 0.4) is 0 Å². The van der Waals surface area contributed by atoms with Crippen molar-refractivity contribution < 1.29 is 4.74 Å². The average Bonchev–Trinajstić information content (AvgIpc) is 2.90. The molecule has 0 bridgehead atoms. The van der Waals surface area contributed by atoms with Crippen LogP contribution < -0.4 is 4.74 Å². The highest BCUT2D eigenvalue weighted by molar-refractivity contribution is 9.10. The summed E-state index contributed by atoms with van der Waals surface area (Å²) < 4.78 is 7.31. The highest BCUT2D eigenvalue weighted by Gasteiger charge is 2.13. The molecule has 1 N–H and O–H groups in total. The molecule has 0 aliphatic heterocycles. The number of halogens is 1. The summed E-state index contributed by atoms with van der Waals surface area (Å²) in [6, 6.07) is 4.19. The van der Waals surface area contributed by atoms with Gasteiger partial charge in [-0.3, -0.25) is 5.10 Å². The van der Waals surface area contributed by atoms with Crippen molar-refractivity contribution in [2.45, 2.75) is 46.1 Å². The molecule has 0 aliphatic carbocycles. The maximum Gasteiger partial charge on any atom is 0.125 e. The van der Waals surface area contributed by atoms with Gasteiger partial charge in [0, 0.05) is 10.7 Å². The predicted molar refractivity (Wildman–Crippen MR) is 84.1 cm³/mol. The van der Waals surface area contributed by atoms with E-state index in [2.05, 4.69) is 65.2 Å². The minimum atomic E-state index is 0.219. The van der Waals surface area contributed by atoms with E-state index in [0.29, 0.717) is 0 Å². The first kappa shape index (κ1) is 15.1. The molecule has 1 radical (unpaired) electrons. The molecule has 20 heavy (non-hydrogen) atoms. The van der Waals surface area contributed by atoms with Crippen LogP contribution in [0.1, 0.15) is 36.5 Å². The number of H-pyrrole nitrogens is 1. The molecule has 4 heteroatoms. The molecule has 0 saturated carbocycles. The minimum Gasteiger partial charge on any atom is -0.490 e. The summed E-state index contributed by atoms with van der Waals surface area (Å²) in [5.74, 6) is 1.01. The number of rotatable bonds is 6. The lowest BCUT2D eigenvalue weighted by atomic mass is 10.1. The van der Waals surface area contributed by atoms with Gasteiger partial charge in [0.25, 0.3) is 0 Å². The van der Waals surface area contributed by atoms with Crippen LogP contribution in [0.15, 0.2) is 22.8 Å². The zero-order valence-electron chi connectivity index (χ0n) is 12.2. The van der Waals surface area contributed by atoms with Crippen LogP contribution in [0.2, 0.25) is 0 Å². The van der Waals surface area contributed by atoms with Crippen molar-refractivity contribution in [3.63, 3.8) is 0 Å². The fourth-order valence-corrected chi connectivity index (χ4v) is 2.97. The van der Waals surface area contributed by atoms with Crippen LogP contribution in [0.4, 0.5) is 0 Å². The summed E-state index contributed by atoms with van der Waals surface area (Å²) in [5, 5.41) is 6.65. The van der Waals surface area contributed by atoms with Crippen molar-refractivity contribution in [2.75, 3.05) is 0 Å². The lowest BCUT2D eigenvalue weighted by Gasteiger charge is -2.20. The second kappa shape index (κ2) is 6.93. The van der Waals surface area contributed by atoms with E-state index < -0.39 is 0 Å². The highest BCUT2D eigenvalue weighted by atomic mass is 79.9. The number of aromatic amines is 1. The topological polar surface area (TPSA) is 37.9 Å². The number of hydrogen-bond donors (Lipinski definition) is 1. The van der Waals surface area contributed by atoms with Crippen LogP contribution in [0.25, 0.3) is 0 Å². The van der Waals surface area contributed by atoms with E-state index in [4.69, 9.17) is 4.74 Å². The molecule has 3 nitrogen and oxygen atoms in total. The van der Waals surface area contributed by atoms with Gasteiger partial charge in [-0.15, -0.1) is 0 Å². The van der Waals surface area contributed by atoms with Crippen molar-refractivity contribution in [3.05, 3.63) is 45.7 Å². The molecule has 1 atom stereocenters. The maximum absolute atomic E-state index is 6.21. The second-order valence-electron chi connectivity index (χ2n) is 5.08. The molecular weight excluding hydrogens is 316 g/mol. The highest BCUT2D eigenvalue weighted by Crippen LogP contribution is 2.29. The Kier molecular flexibility index (Phi) is 5.24. The Bertz CT molecular complexity index is 529. The van der Waals surface area contributed by atoms with Crippen molar-refractivity contribution in [1.29, 1.82) is 0 Å². The van der Waals surface area contributed by atoms with Crippen molar-refractivity contribution in [1.82, 2.24) is 10.2 Å². The summed E-state index contributed by atoms with van der Waals surface area (Å²) >= 11 is 3.52. The quantitative estimate of drug-likeness (QED) is 0.850. The Hall–Kier alpha value is -1.29. The zero-order chi connectivity index (χ0) is 14.5. The van der Waals surface area contributed by atoms with Crippen LogP contribution in [-0.2, 0) is 6.42 Å². The Balaban J connectivity index is 2.02. The number of nitrogens with zero attached hydrogens (tertiary/aromatic N) is 1. The summed E-state index contributed by atoms with van der Waals surface area (Å²) in [5.41, 5.74) is 3.45. The van der Waals surface area contributed by atoms with Crippen molar-refractivity contribution in [3.8, 4) is 5.75 Å². The van der Waals surface area contributed by atoms with Gasteiger partial charge in [-0.25, -0.2) is 0 Å². The van der Waals surface area contributed by atoms with E-state index >= 15 is 0 Å². The summed E-state index contributed by atoms with van der Waals surface area (Å²) in [4.78, 5) is 0. The first-order chi connectivity index (χ1) is 9.60. The van der Waals surface area contributed by atoms with Gasteiger partial charge >= 0.3 is 0 Å². The van der Waals surface area contributed by atoms with Gasteiger partial charge in [-0.1, -0.05) is 22.9 Å². The lowest BCUT2D eigenvalue weighted by Crippen LogP contribution is -2.17. The van der Waals surface area contributed by atoms with Crippen molar-refractivity contribution in [2.24, 2.45) is 0 Å². The van der Waals surface area contributed by atoms with E-state index in [1.807, 2.05) is 6.20 Å². The maximum atomic E-state index is 6.21. The van der Waals surface area contributed by atoms with Crippen LogP contribution in [-0.4, -0.2) is 16.3 Å². The third kappa shape index (κ3) is 3.85. The van der Waals surface area contributed by atoms with Crippen LogP contribution in [0.5, 0.6) is 5.75 Å². The number of aromatic nitrogens is 2. The van der Waals surface area contributed by atoms with E-state index in [0.717, 1.165) is 35.0 Å². The standard InChI is InChI=1S/C16H20BrN2O/c1-4-15(6-5-13-9-18-19-10-13)20-16-11(2)7-14(17)8-12(16)3/h7-9,15H,4-6H2,1-3H3,(H,18,19). The Morgan fingerprint density at radius 3 is 2.60 bits per heavy atom. The Morgan fingerprint density at radius 2 is 2.05 bits per heavy atom. The van der Waals surface area contributed by atoms with Gasteiger partial charge in [0.05, 0.1) is 6.10 Å². The Morgan fingerprint density at radius 1 is 1.35 bits per heavy atom. The first-order valence-corrected chi connectivity index (χ1v) is 7.73. The molecular formula is C16H20BrN2O. The van der Waals surface area contributed by atoms with Gasteiger partial charge in [-0.2, -0.15) is 5.10 Å². The van der Waals surface area contributed by atoms with Gasteiger partial charge in [0.2, 0.25) is 0 Å². The molecule has 1 aromatic carbocycles. The third-order valence-corrected chi connectivity index (χ3v) is 3.86. The number of aryl methyl sites for hydroxylation is 3. The molecule has 1 aromatic heterocycles. The van der Waals surface area contributed by atoms with E-state index in [9.17, 15) is 0 Å². The smallest absolute Gasteiger partial charge is 0.125 e. The van der Waals surface area contributed by atoms with E-state index in [1.165, 1.54) is 11.1 Å². The number of benzene rings is 1. The SMILES string of the molecule is CCC(CCc1[c]n[nH]c1)Oc1c(C)cc(Br)cc1C. The van der Waals surface area contributed by atoms with Gasteiger partial charge < -0.3 is 4.74 Å². The lowest BCUT2D eigenvalue weighted by molar-refractivity contribution is 0.184. The zero-order valence-corrected chi connectivity index (χ0v) is 13.8. The molecule has 2 aromatic rings. The summed E-state index contributed by atoms with van der Waals surface area (Å²) in [7, 11) is 0. The summed E-state index contributed by atoms with van der Waals surface area (Å²) in [6.45, 7) is 6.33. The molecule has 0 saturated heterocycles. The molecule has 107 valence electrons. The molecule has 1 heterocycles. The molecule has 1 unspecified atom stereocenters. The minimum absolute atomic E-state index is 0.219. The largest absolute Gasteiger partial charge is 0.490 e. The number of nitrogens with one attached hydrogen (secondary N) is 1. The fourth-order valence-electron chi connectivity index (χ4n) is 2.29. The number of ether oxygens (including phenoxy) is 1. The molecule has 0 amide bonds. The van der Waals surface area contributed by atoms with Crippen molar-refractivity contribution >= 4 is 15.9 Å².